The van der Waals surface area contributed by atoms with E-state index in [1.165, 1.54) is 5.56 Å². The molecule has 4 rings (SSSR count). The van der Waals surface area contributed by atoms with Crippen LogP contribution in [0.15, 0.2) is 18.5 Å². The van der Waals surface area contributed by atoms with Crippen LogP contribution in [0.25, 0.3) is 5.65 Å². The van der Waals surface area contributed by atoms with Gasteiger partial charge in [0, 0.05) is 64.0 Å². The van der Waals surface area contributed by atoms with Gasteiger partial charge in [-0.15, -0.1) is 10.2 Å². The van der Waals surface area contributed by atoms with Crippen LogP contribution < -0.4 is 4.90 Å². The first-order chi connectivity index (χ1) is 12.1. The molecule has 132 valence electrons. The molecular formula is C17H24N8. The van der Waals surface area contributed by atoms with Crippen LogP contribution in [0.2, 0.25) is 0 Å². The summed E-state index contributed by atoms with van der Waals surface area (Å²) < 4.78 is 3.72. The number of rotatable bonds is 4. The molecule has 1 aliphatic heterocycles. The maximum atomic E-state index is 4.51. The van der Waals surface area contributed by atoms with E-state index in [0.29, 0.717) is 0 Å². The van der Waals surface area contributed by atoms with E-state index in [0.717, 1.165) is 62.0 Å². The van der Waals surface area contributed by atoms with Gasteiger partial charge in [0.25, 0.3) is 0 Å². The second kappa shape index (κ2) is 6.44. The van der Waals surface area contributed by atoms with Crippen LogP contribution in [0.1, 0.15) is 24.0 Å². The Balaban J connectivity index is 1.42. The molecule has 1 aliphatic rings. The van der Waals surface area contributed by atoms with Crippen LogP contribution in [-0.4, -0.2) is 60.7 Å². The van der Waals surface area contributed by atoms with E-state index in [4.69, 9.17) is 0 Å². The third-order valence-electron chi connectivity index (χ3n) is 4.87. The lowest BCUT2D eigenvalue weighted by Gasteiger charge is -2.35. The summed E-state index contributed by atoms with van der Waals surface area (Å²) in [6.07, 6.45) is 4.88. The Kier molecular flexibility index (Phi) is 4.12. The normalized spacial score (nSPS) is 16.0. The van der Waals surface area contributed by atoms with Gasteiger partial charge in [0.2, 0.25) is 0 Å². The fourth-order valence-electron chi connectivity index (χ4n) is 3.43. The molecule has 3 aromatic heterocycles. The summed E-state index contributed by atoms with van der Waals surface area (Å²) >= 11 is 0. The second-order valence-corrected chi connectivity index (χ2v) is 6.63. The zero-order chi connectivity index (χ0) is 17.4. The zero-order valence-electron chi connectivity index (χ0n) is 15.1. The molecule has 0 saturated carbocycles. The van der Waals surface area contributed by atoms with Crippen molar-refractivity contribution in [1.29, 1.82) is 0 Å². The third kappa shape index (κ3) is 3.09. The number of nitrogens with zero attached hydrogens (tertiary/aromatic N) is 8. The molecule has 0 aromatic carbocycles. The minimum Gasteiger partial charge on any atom is -0.368 e. The molecule has 3 aromatic rings. The smallest absolute Gasteiger partial charge is 0.179 e. The molecule has 0 aliphatic carbocycles. The molecule has 4 heterocycles. The third-order valence-corrected chi connectivity index (χ3v) is 4.87. The molecule has 0 unspecified atom stereocenters. The lowest BCUT2D eigenvalue weighted by Crippen LogP contribution is -2.46. The van der Waals surface area contributed by atoms with Gasteiger partial charge in [-0.25, -0.2) is 0 Å². The molecule has 1 saturated heterocycles. The van der Waals surface area contributed by atoms with Gasteiger partial charge in [-0.1, -0.05) is 6.92 Å². The summed E-state index contributed by atoms with van der Waals surface area (Å²) in [6, 6.07) is 2.08. The molecule has 0 atom stereocenters. The van der Waals surface area contributed by atoms with Gasteiger partial charge >= 0.3 is 0 Å². The van der Waals surface area contributed by atoms with Gasteiger partial charge in [0.1, 0.15) is 0 Å². The molecule has 1 fully saturated rings. The number of hydrogen-bond acceptors (Lipinski definition) is 6. The molecule has 0 N–H and O–H groups in total. The van der Waals surface area contributed by atoms with Gasteiger partial charge in [0.15, 0.2) is 11.5 Å². The zero-order valence-corrected chi connectivity index (χ0v) is 15.1. The van der Waals surface area contributed by atoms with Crippen molar-refractivity contribution in [3.63, 3.8) is 0 Å². The largest absolute Gasteiger partial charge is 0.368 e. The second-order valence-electron chi connectivity index (χ2n) is 6.63. The van der Waals surface area contributed by atoms with Gasteiger partial charge < -0.3 is 4.90 Å². The highest BCUT2D eigenvalue weighted by Gasteiger charge is 2.19. The Morgan fingerprint density at radius 2 is 1.92 bits per heavy atom. The molecule has 25 heavy (non-hydrogen) atoms. The molecular weight excluding hydrogens is 316 g/mol. The minimum atomic E-state index is 0.822. The summed E-state index contributed by atoms with van der Waals surface area (Å²) in [5.41, 5.74) is 4.38. The van der Waals surface area contributed by atoms with Gasteiger partial charge in [0.05, 0.1) is 17.6 Å². The Morgan fingerprint density at radius 3 is 2.60 bits per heavy atom. The number of anilines is 1. The molecule has 0 spiro atoms. The SMILES string of the molecule is CCc1nnc2cc(N3CCN(Cc4cn(C)nc4C)CC3)cnn12. The number of piperazine rings is 1. The van der Waals surface area contributed by atoms with Crippen molar-refractivity contribution in [2.75, 3.05) is 31.1 Å². The number of aryl methyl sites for hydroxylation is 3. The summed E-state index contributed by atoms with van der Waals surface area (Å²) in [7, 11) is 1.98. The molecule has 0 bridgehead atoms. The average molecular weight is 340 g/mol. The van der Waals surface area contributed by atoms with Crippen molar-refractivity contribution in [1.82, 2.24) is 34.5 Å². The highest BCUT2D eigenvalue weighted by molar-refractivity contribution is 5.54. The summed E-state index contributed by atoms with van der Waals surface area (Å²) in [5, 5.41) is 17.4. The van der Waals surface area contributed by atoms with E-state index in [1.54, 1.807) is 0 Å². The Bertz CT molecular complexity index is 872. The highest BCUT2D eigenvalue weighted by Crippen LogP contribution is 2.18. The van der Waals surface area contributed by atoms with Crippen LogP contribution in [-0.2, 0) is 20.0 Å². The number of hydrogen-bond donors (Lipinski definition) is 0. The maximum absolute atomic E-state index is 4.51. The van der Waals surface area contributed by atoms with Crippen LogP contribution in [0.5, 0.6) is 0 Å². The first-order valence-electron chi connectivity index (χ1n) is 8.81. The minimum absolute atomic E-state index is 0.822. The molecule has 8 nitrogen and oxygen atoms in total. The lowest BCUT2D eigenvalue weighted by molar-refractivity contribution is 0.249. The number of fused-ring (bicyclic) bond motifs is 1. The first-order valence-corrected chi connectivity index (χ1v) is 8.81. The molecule has 8 heteroatoms. The van der Waals surface area contributed by atoms with Crippen LogP contribution in [0.3, 0.4) is 0 Å². The van der Waals surface area contributed by atoms with Crippen molar-refractivity contribution < 1.29 is 0 Å². The Hall–Kier alpha value is -2.48. The van der Waals surface area contributed by atoms with E-state index in [-0.39, 0.29) is 0 Å². The van der Waals surface area contributed by atoms with Crippen molar-refractivity contribution in [3.05, 3.63) is 35.5 Å². The predicted octanol–water partition coefficient (Wildman–Crippen LogP) is 1.05. The predicted molar refractivity (Wildman–Crippen MR) is 95.6 cm³/mol. The summed E-state index contributed by atoms with van der Waals surface area (Å²) in [5.74, 6) is 0.901. The Labute approximate surface area is 147 Å². The van der Waals surface area contributed by atoms with Gasteiger partial charge in [-0.2, -0.15) is 14.7 Å². The highest BCUT2D eigenvalue weighted by atomic mass is 15.4. The van der Waals surface area contributed by atoms with E-state index in [2.05, 4.69) is 56.3 Å². The summed E-state index contributed by atoms with van der Waals surface area (Å²) in [4.78, 5) is 4.86. The lowest BCUT2D eigenvalue weighted by atomic mass is 10.2. The Morgan fingerprint density at radius 1 is 1.12 bits per heavy atom. The van der Waals surface area contributed by atoms with Crippen LogP contribution >= 0.6 is 0 Å². The first kappa shape index (κ1) is 16.0. The van der Waals surface area contributed by atoms with Gasteiger partial charge in [-0.05, 0) is 6.92 Å². The van der Waals surface area contributed by atoms with E-state index in [9.17, 15) is 0 Å². The van der Waals surface area contributed by atoms with E-state index in [1.807, 2.05) is 22.4 Å². The van der Waals surface area contributed by atoms with Crippen molar-refractivity contribution in [3.8, 4) is 0 Å². The van der Waals surface area contributed by atoms with Gasteiger partial charge in [-0.3, -0.25) is 9.58 Å². The number of aromatic nitrogens is 6. The molecule has 0 radical (unpaired) electrons. The van der Waals surface area contributed by atoms with Crippen LogP contribution in [0, 0.1) is 6.92 Å². The van der Waals surface area contributed by atoms with Crippen LogP contribution in [0.4, 0.5) is 5.69 Å². The van der Waals surface area contributed by atoms with Crippen molar-refractivity contribution >= 4 is 11.3 Å². The maximum Gasteiger partial charge on any atom is 0.179 e. The monoisotopic (exact) mass is 340 g/mol. The fourth-order valence-corrected chi connectivity index (χ4v) is 3.43. The van der Waals surface area contributed by atoms with Crippen molar-refractivity contribution in [2.24, 2.45) is 7.05 Å². The molecule has 0 amide bonds. The average Bonchev–Trinajstić information content (AvgIpc) is 3.17. The topological polar surface area (TPSA) is 67.4 Å². The standard InChI is InChI=1S/C17H24N8/c1-4-16-19-20-17-9-15(10-18-25(16)17)24-7-5-23(6-8-24)12-14-11-22(3)21-13(14)2/h9-11H,4-8,12H2,1-3H3. The van der Waals surface area contributed by atoms with E-state index >= 15 is 0 Å². The fraction of sp³-hybridized carbons (Fsp3) is 0.529. The van der Waals surface area contributed by atoms with Crippen molar-refractivity contribution in [2.45, 2.75) is 26.8 Å². The van der Waals surface area contributed by atoms with E-state index < -0.39 is 0 Å². The quantitative estimate of drug-likeness (QED) is 0.707. The summed E-state index contributed by atoms with van der Waals surface area (Å²) in [6.45, 7) is 9.16.